The van der Waals surface area contributed by atoms with E-state index in [1.165, 1.54) is 12.8 Å². The van der Waals surface area contributed by atoms with Crippen LogP contribution >= 0.6 is 11.6 Å². The monoisotopic (exact) mass is 333 g/mol. The first-order valence-electron chi connectivity index (χ1n) is 7.90. The molecule has 1 aromatic heterocycles. The molecule has 0 saturated heterocycles. The van der Waals surface area contributed by atoms with E-state index in [4.69, 9.17) is 16.3 Å². The van der Waals surface area contributed by atoms with Gasteiger partial charge in [-0.3, -0.25) is 4.79 Å². The molecule has 23 heavy (non-hydrogen) atoms. The van der Waals surface area contributed by atoms with Crippen molar-refractivity contribution in [1.82, 2.24) is 9.78 Å². The van der Waals surface area contributed by atoms with Gasteiger partial charge in [0.05, 0.1) is 12.2 Å². The molecule has 1 aliphatic rings. The number of hydrogen-bond donors (Lipinski definition) is 1. The van der Waals surface area contributed by atoms with Crippen LogP contribution in [0, 0.1) is 0 Å². The summed E-state index contributed by atoms with van der Waals surface area (Å²) in [4.78, 5) is 12.3. The van der Waals surface area contributed by atoms with Crippen LogP contribution in [0.25, 0.3) is 0 Å². The third-order valence-corrected chi connectivity index (χ3v) is 4.34. The first-order chi connectivity index (χ1) is 11.1. The SMILES string of the molecule is CC(Oc1ccc(Cl)cc1)C(=O)Nc1ccnn1C1CCCC1. The number of anilines is 1. The number of halogens is 1. The van der Waals surface area contributed by atoms with Gasteiger partial charge in [0.25, 0.3) is 5.91 Å². The Morgan fingerprint density at radius 2 is 2.00 bits per heavy atom. The molecule has 0 bridgehead atoms. The summed E-state index contributed by atoms with van der Waals surface area (Å²) in [7, 11) is 0. The lowest BCUT2D eigenvalue weighted by atomic mass is 10.2. The van der Waals surface area contributed by atoms with Crippen LogP contribution in [0.5, 0.6) is 5.75 Å². The number of hydrogen-bond acceptors (Lipinski definition) is 3. The van der Waals surface area contributed by atoms with E-state index in [1.54, 1.807) is 37.4 Å². The molecule has 1 amide bonds. The van der Waals surface area contributed by atoms with E-state index >= 15 is 0 Å². The standard InChI is InChI=1S/C17H20ClN3O2/c1-12(23-15-8-6-13(18)7-9-15)17(22)20-16-10-11-19-21(16)14-4-2-3-5-14/h6-12,14H,2-5H2,1H3,(H,20,22). The van der Waals surface area contributed by atoms with Gasteiger partial charge in [-0.2, -0.15) is 5.10 Å². The highest BCUT2D eigenvalue weighted by atomic mass is 35.5. The maximum Gasteiger partial charge on any atom is 0.266 e. The number of ether oxygens (including phenoxy) is 1. The second-order valence-corrected chi connectivity index (χ2v) is 6.24. The third-order valence-electron chi connectivity index (χ3n) is 4.09. The summed E-state index contributed by atoms with van der Waals surface area (Å²) in [6.07, 6.45) is 5.77. The lowest BCUT2D eigenvalue weighted by Gasteiger charge is -2.17. The van der Waals surface area contributed by atoms with Crippen LogP contribution in [0.3, 0.4) is 0 Å². The van der Waals surface area contributed by atoms with Crippen LogP contribution in [0.4, 0.5) is 5.82 Å². The summed E-state index contributed by atoms with van der Waals surface area (Å²) in [6, 6.07) is 9.16. The third kappa shape index (κ3) is 3.85. The molecule has 1 unspecified atom stereocenters. The smallest absolute Gasteiger partial charge is 0.266 e. The van der Waals surface area contributed by atoms with Gasteiger partial charge in [-0.05, 0) is 44.0 Å². The van der Waals surface area contributed by atoms with Crippen molar-refractivity contribution in [3.05, 3.63) is 41.6 Å². The second kappa shape index (κ2) is 7.04. The van der Waals surface area contributed by atoms with Crippen LogP contribution in [0.2, 0.25) is 5.02 Å². The zero-order valence-electron chi connectivity index (χ0n) is 13.0. The number of carbonyl (C=O) groups excluding carboxylic acids is 1. The maximum atomic E-state index is 12.3. The van der Waals surface area contributed by atoms with E-state index in [1.807, 2.05) is 10.7 Å². The molecular weight excluding hydrogens is 314 g/mol. The van der Waals surface area contributed by atoms with E-state index in [0.717, 1.165) is 18.7 Å². The van der Waals surface area contributed by atoms with Crippen LogP contribution < -0.4 is 10.1 Å². The Hall–Kier alpha value is -2.01. The summed E-state index contributed by atoms with van der Waals surface area (Å²) < 4.78 is 7.56. The lowest BCUT2D eigenvalue weighted by molar-refractivity contribution is -0.122. The predicted octanol–water partition coefficient (Wildman–Crippen LogP) is 4.06. The van der Waals surface area contributed by atoms with Gasteiger partial charge in [-0.15, -0.1) is 0 Å². The average Bonchev–Trinajstić information content (AvgIpc) is 3.20. The first-order valence-corrected chi connectivity index (χ1v) is 8.28. The molecule has 1 N–H and O–H groups in total. The molecule has 0 aliphatic heterocycles. The van der Waals surface area contributed by atoms with Gasteiger partial charge in [0.2, 0.25) is 0 Å². The van der Waals surface area contributed by atoms with E-state index in [2.05, 4.69) is 10.4 Å². The van der Waals surface area contributed by atoms with Gasteiger partial charge in [0.15, 0.2) is 6.10 Å². The molecule has 1 atom stereocenters. The van der Waals surface area contributed by atoms with Crippen LogP contribution in [0.1, 0.15) is 38.6 Å². The molecule has 3 rings (SSSR count). The molecule has 0 spiro atoms. The van der Waals surface area contributed by atoms with Crippen molar-refractivity contribution >= 4 is 23.3 Å². The summed E-state index contributed by atoms with van der Waals surface area (Å²) in [5.41, 5.74) is 0. The van der Waals surface area contributed by atoms with Gasteiger partial charge in [-0.25, -0.2) is 4.68 Å². The van der Waals surface area contributed by atoms with Gasteiger partial charge in [0.1, 0.15) is 11.6 Å². The molecule has 0 radical (unpaired) electrons. The maximum absolute atomic E-state index is 12.3. The molecule has 1 fully saturated rings. The van der Waals surface area contributed by atoms with Crippen LogP contribution in [-0.4, -0.2) is 21.8 Å². The first kappa shape index (κ1) is 15.9. The molecule has 1 saturated carbocycles. The summed E-state index contributed by atoms with van der Waals surface area (Å²) in [5.74, 6) is 1.15. The number of carbonyl (C=O) groups is 1. The Morgan fingerprint density at radius 1 is 1.30 bits per heavy atom. The highest BCUT2D eigenvalue weighted by molar-refractivity contribution is 6.30. The van der Waals surface area contributed by atoms with E-state index < -0.39 is 6.10 Å². The topological polar surface area (TPSA) is 56.1 Å². The summed E-state index contributed by atoms with van der Waals surface area (Å²) in [5, 5.41) is 7.89. The van der Waals surface area contributed by atoms with E-state index in [0.29, 0.717) is 16.8 Å². The van der Waals surface area contributed by atoms with Gasteiger partial charge in [0, 0.05) is 11.1 Å². The van der Waals surface area contributed by atoms with Crippen molar-refractivity contribution < 1.29 is 9.53 Å². The van der Waals surface area contributed by atoms with Gasteiger partial charge in [-0.1, -0.05) is 24.4 Å². The number of aromatic nitrogens is 2. The Kier molecular flexibility index (Phi) is 4.86. The number of nitrogens with one attached hydrogen (secondary N) is 1. The normalized spacial score (nSPS) is 16.3. The fraction of sp³-hybridized carbons (Fsp3) is 0.412. The molecule has 1 heterocycles. The number of nitrogens with zero attached hydrogens (tertiary/aromatic N) is 2. The Morgan fingerprint density at radius 3 is 2.70 bits per heavy atom. The highest BCUT2D eigenvalue weighted by Gasteiger charge is 2.22. The quantitative estimate of drug-likeness (QED) is 0.897. The van der Waals surface area contributed by atoms with Crippen molar-refractivity contribution in [2.24, 2.45) is 0 Å². The average molecular weight is 334 g/mol. The summed E-state index contributed by atoms with van der Waals surface area (Å²) in [6.45, 7) is 1.72. The largest absolute Gasteiger partial charge is 0.481 e. The molecule has 122 valence electrons. The zero-order chi connectivity index (χ0) is 16.2. The molecule has 6 heteroatoms. The number of amides is 1. The van der Waals surface area contributed by atoms with Crippen molar-refractivity contribution in [1.29, 1.82) is 0 Å². The van der Waals surface area contributed by atoms with Crippen molar-refractivity contribution in [3.8, 4) is 5.75 Å². The fourth-order valence-corrected chi connectivity index (χ4v) is 2.98. The minimum atomic E-state index is -0.608. The fourth-order valence-electron chi connectivity index (χ4n) is 2.85. The Labute approximate surface area is 140 Å². The van der Waals surface area contributed by atoms with Crippen LogP contribution in [0.15, 0.2) is 36.5 Å². The zero-order valence-corrected chi connectivity index (χ0v) is 13.8. The van der Waals surface area contributed by atoms with Gasteiger partial charge >= 0.3 is 0 Å². The second-order valence-electron chi connectivity index (χ2n) is 5.80. The molecule has 2 aromatic rings. The Bertz CT molecular complexity index is 663. The molecule has 1 aliphatic carbocycles. The van der Waals surface area contributed by atoms with E-state index in [9.17, 15) is 4.79 Å². The minimum Gasteiger partial charge on any atom is -0.481 e. The van der Waals surface area contributed by atoms with Crippen LogP contribution in [-0.2, 0) is 4.79 Å². The molecule has 5 nitrogen and oxygen atoms in total. The van der Waals surface area contributed by atoms with Crippen molar-refractivity contribution in [2.75, 3.05) is 5.32 Å². The lowest BCUT2D eigenvalue weighted by Crippen LogP contribution is -2.31. The number of benzene rings is 1. The summed E-state index contributed by atoms with van der Waals surface area (Å²) >= 11 is 5.84. The van der Waals surface area contributed by atoms with Crippen molar-refractivity contribution in [3.63, 3.8) is 0 Å². The highest BCUT2D eigenvalue weighted by Crippen LogP contribution is 2.31. The molecular formula is C17H20ClN3O2. The predicted molar refractivity (Wildman–Crippen MR) is 89.9 cm³/mol. The minimum absolute atomic E-state index is 0.195. The Balaban J connectivity index is 1.62. The van der Waals surface area contributed by atoms with Crippen molar-refractivity contribution in [2.45, 2.75) is 44.8 Å². The molecule has 1 aromatic carbocycles. The van der Waals surface area contributed by atoms with Gasteiger partial charge < -0.3 is 10.1 Å². The number of rotatable bonds is 5. The van der Waals surface area contributed by atoms with E-state index in [-0.39, 0.29) is 5.91 Å².